The van der Waals surface area contributed by atoms with Crippen LogP contribution in [-0.4, -0.2) is 89.6 Å². The summed E-state index contributed by atoms with van der Waals surface area (Å²) in [4.78, 5) is 28.9. The van der Waals surface area contributed by atoms with Gasteiger partial charge in [-0.25, -0.2) is 9.97 Å². The number of ketones is 1. The fourth-order valence-electron chi connectivity index (χ4n) is 6.24. The van der Waals surface area contributed by atoms with Crippen LogP contribution in [0, 0.1) is 0 Å². The molecule has 0 atom stereocenters. The number of fused-ring (bicyclic) bond motifs is 1. The number of allylic oxidation sites excluding steroid dienone is 1. The highest BCUT2D eigenvalue weighted by atomic mass is 16.5. The Balaban J connectivity index is 1.26. The molecule has 224 valence electrons. The van der Waals surface area contributed by atoms with Crippen molar-refractivity contribution in [3.8, 4) is 17.0 Å². The van der Waals surface area contributed by atoms with Crippen LogP contribution in [0.1, 0.15) is 18.4 Å². The Bertz CT molecular complexity index is 1620. The smallest absolute Gasteiger partial charge is 0.227 e. The monoisotopic (exact) mass is 579 g/mol. The highest BCUT2D eigenvalue weighted by molar-refractivity contribution is 5.95. The third-order valence-corrected chi connectivity index (χ3v) is 8.83. The van der Waals surface area contributed by atoms with Crippen LogP contribution in [0.2, 0.25) is 0 Å². The van der Waals surface area contributed by atoms with E-state index in [2.05, 4.69) is 73.7 Å². The number of rotatable bonds is 11. The Hall–Kier alpha value is -4.21. The minimum atomic E-state index is 0.0751. The highest BCUT2D eigenvalue weighted by Gasteiger charge is 2.34. The van der Waals surface area contributed by atoms with Gasteiger partial charge in [0.25, 0.3) is 0 Å². The molecule has 0 unspecified atom stereocenters. The molecule has 4 aromatic rings. The molecule has 6 rings (SSSR count). The number of aryl methyl sites for hydroxylation is 2. The lowest BCUT2D eigenvalue weighted by Crippen LogP contribution is -2.63. The number of benzene rings is 2. The summed E-state index contributed by atoms with van der Waals surface area (Å²) in [6, 6.07) is 15.1. The maximum absolute atomic E-state index is 12.0. The lowest BCUT2D eigenvalue weighted by atomic mass is 9.98. The second-order valence-corrected chi connectivity index (χ2v) is 11.7. The maximum atomic E-state index is 12.0. The molecule has 0 radical (unpaired) electrons. The Morgan fingerprint density at radius 3 is 2.67 bits per heavy atom. The highest BCUT2D eigenvalue weighted by Crippen LogP contribution is 2.38. The summed E-state index contributed by atoms with van der Waals surface area (Å²) in [7, 11) is 5.94. The lowest BCUT2D eigenvalue weighted by molar-refractivity contribution is -0.114. The lowest BCUT2D eigenvalue weighted by Gasteiger charge is -2.49. The predicted octanol–water partition coefficient (Wildman–Crippen LogP) is 4.90. The van der Waals surface area contributed by atoms with Crippen molar-refractivity contribution in [2.24, 2.45) is 7.05 Å². The second kappa shape index (κ2) is 12.6. The summed E-state index contributed by atoms with van der Waals surface area (Å²) in [5.41, 5.74) is 6.23. The van der Waals surface area contributed by atoms with Gasteiger partial charge in [0.1, 0.15) is 5.75 Å². The van der Waals surface area contributed by atoms with Crippen molar-refractivity contribution in [2.75, 3.05) is 63.6 Å². The molecule has 2 fully saturated rings. The topological polar surface area (TPSA) is 78.8 Å². The third kappa shape index (κ3) is 6.14. The number of hydrogen-bond acceptors (Lipinski definition) is 8. The number of carbonyl (C=O) groups is 1. The van der Waals surface area contributed by atoms with Gasteiger partial charge in [0.15, 0.2) is 5.78 Å². The van der Waals surface area contributed by atoms with E-state index in [-0.39, 0.29) is 5.78 Å². The van der Waals surface area contributed by atoms with Crippen molar-refractivity contribution < 1.29 is 9.53 Å². The second-order valence-electron chi connectivity index (χ2n) is 11.7. The average Bonchev–Trinajstić information content (AvgIpc) is 3.34. The minimum Gasteiger partial charge on any atom is -0.494 e. The zero-order chi connectivity index (χ0) is 29.9. The first-order chi connectivity index (χ1) is 20.9. The molecule has 0 amide bonds. The number of nitrogens with one attached hydrogen (secondary N) is 1. The van der Waals surface area contributed by atoms with E-state index in [1.165, 1.54) is 17.3 Å². The van der Waals surface area contributed by atoms with Gasteiger partial charge in [0, 0.05) is 99.4 Å². The number of carbonyl (C=O) groups excluding carboxylic acids is 1. The number of aromatic nitrogens is 3. The van der Waals surface area contributed by atoms with Gasteiger partial charge in [0.2, 0.25) is 5.95 Å². The third-order valence-electron chi connectivity index (χ3n) is 8.83. The van der Waals surface area contributed by atoms with Crippen molar-refractivity contribution >= 4 is 34.0 Å². The van der Waals surface area contributed by atoms with Gasteiger partial charge in [-0.1, -0.05) is 24.8 Å². The average molecular weight is 580 g/mol. The van der Waals surface area contributed by atoms with Crippen molar-refractivity contribution in [1.82, 2.24) is 24.3 Å². The molecule has 0 bridgehead atoms. The van der Waals surface area contributed by atoms with Crippen LogP contribution in [-0.2, 0) is 18.3 Å². The molecule has 2 aliphatic rings. The van der Waals surface area contributed by atoms with E-state index in [1.54, 1.807) is 13.3 Å². The summed E-state index contributed by atoms with van der Waals surface area (Å²) in [5, 5.41) is 4.59. The Morgan fingerprint density at radius 2 is 1.91 bits per heavy atom. The molecule has 4 heterocycles. The summed E-state index contributed by atoms with van der Waals surface area (Å²) in [6.45, 7) is 10.1. The van der Waals surface area contributed by atoms with Crippen LogP contribution in [0.3, 0.4) is 0 Å². The van der Waals surface area contributed by atoms with E-state index in [4.69, 9.17) is 9.72 Å². The molecule has 0 aliphatic carbocycles. The number of hydrogen-bond donors (Lipinski definition) is 1. The van der Waals surface area contributed by atoms with Crippen LogP contribution in [0.4, 0.5) is 17.3 Å². The number of piperazine rings is 1. The zero-order valence-electron chi connectivity index (χ0n) is 25.4. The van der Waals surface area contributed by atoms with Gasteiger partial charge >= 0.3 is 0 Å². The van der Waals surface area contributed by atoms with Gasteiger partial charge in [-0.05, 0) is 49.7 Å². The molecule has 2 aliphatic heterocycles. The van der Waals surface area contributed by atoms with Gasteiger partial charge in [0.05, 0.1) is 18.5 Å². The zero-order valence-corrected chi connectivity index (χ0v) is 25.4. The molecular weight excluding hydrogens is 538 g/mol. The van der Waals surface area contributed by atoms with E-state index >= 15 is 0 Å². The number of nitrogens with zero attached hydrogens (tertiary/aromatic N) is 6. The quantitative estimate of drug-likeness (QED) is 0.252. The Labute approximate surface area is 253 Å². The first-order valence-corrected chi connectivity index (χ1v) is 15.1. The van der Waals surface area contributed by atoms with Gasteiger partial charge in [-0.3, -0.25) is 9.69 Å². The minimum absolute atomic E-state index is 0.0751. The van der Waals surface area contributed by atoms with E-state index in [0.717, 1.165) is 85.7 Å². The van der Waals surface area contributed by atoms with E-state index in [0.29, 0.717) is 18.4 Å². The molecular formula is C34H41N7O2. The van der Waals surface area contributed by atoms with E-state index < -0.39 is 0 Å². The van der Waals surface area contributed by atoms with Crippen LogP contribution in [0.5, 0.6) is 5.75 Å². The molecule has 0 saturated carbocycles. The van der Waals surface area contributed by atoms with Crippen molar-refractivity contribution in [3.05, 3.63) is 73.1 Å². The standard InChI is InChI=1S/C34H41N7O2/c1-5-26(42)10-8-9-24-19-30(33(43-4)20-32(24)41-21-25(22-41)40-17-15-38(2)16-18-40)37-34-35-14-13-29(36-34)28-23-39(3)31-12-7-6-11-27(28)31/h5-7,11-14,19-20,23,25H,1,8-10,15-18,21-22H2,2-4H3,(H,35,36,37). The molecule has 2 aromatic heterocycles. The van der Waals surface area contributed by atoms with Crippen molar-refractivity contribution in [2.45, 2.75) is 25.3 Å². The molecule has 0 spiro atoms. The van der Waals surface area contributed by atoms with Gasteiger partial charge in [-0.2, -0.15) is 0 Å². The van der Waals surface area contributed by atoms with Crippen LogP contribution >= 0.6 is 0 Å². The number of para-hydroxylation sites is 1. The van der Waals surface area contributed by atoms with Crippen molar-refractivity contribution in [3.63, 3.8) is 0 Å². The fourth-order valence-corrected chi connectivity index (χ4v) is 6.24. The summed E-state index contributed by atoms with van der Waals surface area (Å²) in [6.07, 6.45) is 7.33. The number of methoxy groups -OCH3 is 1. The van der Waals surface area contributed by atoms with E-state index in [9.17, 15) is 4.79 Å². The van der Waals surface area contributed by atoms with Crippen molar-refractivity contribution in [1.29, 1.82) is 0 Å². The molecule has 2 aromatic carbocycles. The number of anilines is 3. The summed E-state index contributed by atoms with van der Waals surface area (Å²) < 4.78 is 8.01. The molecule has 2 saturated heterocycles. The molecule has 1 N–H and O–H groups in total. The first-order valence-electron chi connectivity index (χ1n) is 15.1. The Morgan fingerprint density at radius 1 is 1.12 bits per heavy atom. The molecule has 43 heavy (non-hydrogen) atoms. The number of likely N-dealkylation sites (N-methyl/N-ethyl adjacent to an activating group) is 1. The first kappa shape index (κ1) is 28.9. The number of ether oxygens (including phenoxy) is 1. The fraction of sp³-hybridized carbons (Fsp3) is 0.382. The van der Waals surface area contributed by atoms with Gasteiger partial charge in [-0.15, -0.1) is 0 Å². The van der Waals surface area contributed by atoms with E-state index in [1.807, 2.05) is 25.2 Å². The largest absolute Gasteiger partial charge is 0.494 e. The predicted molar refractivity (Wildman–Crippen MR) is 173 cm³/mol. The maximum Gasteiger partial charge on any atom is 0.227 e. The Kier molecular flexibility index (Phi) is 8.44. The van der Waals surface area contributed by atoms with Gasteiger partial charge < -0.3 is 24.4 Å². The van der Waals surface area contributed by atoms with Crippen LogP contribution in [0.25, 0.3) is 22.2 Å². The molecule has 9 nitrogen and oxygen atoms in total. The SMILES string of the molecule is C=CC(=O)CCCc1cc(Nc2nccc(-c3cn(C)c4ccccc34)n2)c(OC)cc1N1CC(N2CCN(C)CC2)C1. The van der Waals surface area contributed by atoms with Crippen LogP contribution in [0.15, 0.2) is 67.5 Å². The van der Waals surface area contributed by atoms with Crippen LogP contribution < -0.4 is 15.0 Å². The summed E-state index contributed by atoms with van der Waals surface area (Å²) in [5.74, 6) is 1.32. The molecule has 9 heteroatoms. The normalized spacial score (nSPS) is 16.3. The summed E-state index contributed by atoms with van der Waals surface area (Å²) >= 11 is 0.